The van der Waals surface area contributed by atoms with Crippen LogP contribution in [0.5, 0.6) is 0 Å². The lowest BCUT2D eigenvalue weighted by molar-refractivity contribution is -0.134. The second kappa shape index (κ2) is 7.55. The Hall–Kier alpha value is -1.56. The van der Waals surface area contributed by atoms with Gasteiger partial charge in [-0.3, -0.25) is 4.79 Å². The van der Waals surface area contributed by atoms with E-state index in [1.54, 1.807) is 4.90 Å². The van der Waals surface area contributed by atoms with E-state index in [1.165, 1.54) is 0 Å². The van der Waals surface area contributed by atoms with E-state index in [9.17, 15) is 9.59 Å². The molecular formula is C18H25BrN2O3. The fourth-order valence-electron chi connectivity index (χ4n) is 2.63. The number of piperazine rings is 1. The minimum absolute atomic E-state index is 0.0944. The number of hydrogen-bond acceptors (Lipinski definition) is 3. The molecule has 0 aromatic heterocycles. The lowest BCUT2D eigenvalue weighted by atomic mass is 9.99. The fraction of sp³-hybridized carbons (Fsp3) is 0.556. The van der Waals surface area contributed by atoms with Crippen molar-refractivity contribution < 1.29 is 14.3 Å². The number of carbonyl (C=O) groups excluding carboxylic acids is 2. The van der Waals surface area contributed by atoms with Crippen molar-refractivity contribution >= 4 is 27.9 Å². The summed E-state index contributed by atoms with van der Waals surface area (Å²) in [6.45, 7) is 9.56. The molecular weight excluding hydrogens is 372 g/mol. The Kier molecular flexibility index (Phi) is 5.91. The molecule has 132 valence electrons. The third kappa shape index (κ3) is 4.97. The minimum Gasteiger partial charge on any atom is -0.444 e. The van der Waals surface area contributed by atoms with Crippen LogP contribution in [-0.4, -0.2) is 53.6 Å². The van der Waals surface area contributed by atoms with Gasteiger partial charge in [0.1, 0.15) is 5.60 Å². The molecule has 0 radical (unpaired) electrons. The van der Waals surface area contributed by atoms with E-state index in [-0.39, 0.29) is 17.9 Å². The molecule has 5 nitrogen and oxygen atoms in total. The van der Waals surface area contributed by atoms with Crippen LogP contribution in [0.3, 0.4) is 0 Å². The van der Waals surface area contributed by atoms with Crippen LogP contribution in [0.25, 0.3) is 0 Å². The first-order valence-electron chi connectivity index (χ1n) is 8.19. The van der Waals surface area contributed by atoms with Gasteiger partial charge in [-0.2, -0.15) is 0 Å². The average molecular weight is 397 g/mol. The monoisotopic (exact) mass is 396 g/mol. The van der Waals surface area contributed by atoms with E-state index in [0.29, 0.717) is 26.2 Å². The Labute approximate surface area is 152 Å². The summed E-state index contributed by atoms with van der Waals surface area (Å²) in [6.07, 6.45) is -0.311. The summed E-state index contributed by atoms with van der Waals surface area (Å²) in [5.74, 6) is -0.104. The second-order valence-electron chi connectivity index (χ2n) is 7.07. The molecule has 0 spiro atoms. The van der Waals surface area contributed by atoms with Gasteiger partial charge in [0.05, 0.1) is 5.92 Å². The molecule has 1 aliphatic rings. The summed E-state index contributed by atoms with van der Waals surface area (Å²) in [7, 11) is 0. The normalized spacial score (nSPS) is 16.7. The van der Waals surface area contributed by atoms with Crippen LogP contribution >= 0.6 is 15.9 Å². The molecule has 24 heavy (non-hydrogen) atoms. The van der Waals surface area contributed by atoms with E-state index in [4.69, 9.17) is 4.74 Å². The predicted octanol–water partition coefficient (Wildman–Crippen LogP) is 3.63. The number of rotatable bonds is 2. The molecule has 1 saturated heterocycles. The van der Waals surface area contributed by atoms with Gasteiger partial charge in [-0.1, -0.05) is 28.1 Å². The topological polar surface area (TPSA) is 49.9 Å². The first-order chi connectivity index (χ1) is 11.2. The van der Waals surface area contributed by atoms with Crippen molar-refractivity contribution in [2.75, 3.05) is 26.2 Å². The van der Waals surface area contributed by atoms with E-state index in [2.05, 4.69) is 15.9 Å². The molecule has 1 fully saturated rings. The Morgan fingerprint density at radius 1 is 1.12 bits per heavy atom. The Morgan fingerprint density at radius 2 is 1.71 bits per heavy atom. The SMILES string of the molecule is CC(C(=O)N1CCN(C(=O)OC(C)(C)C)CC1)c1cccc(Br)c1. The van der Waals surface area contributed by atoms with Gasteiger partial charge in [-0.25, -0.2) is 4.79 Å². The predicted molar refractivity (Wildman–Crippen MR) is 96.9 cm³/mol. The van der Waals surface area contributed by atoms with Gasteiger partial charge < -0.3 is 14.5 Å². The van der Waals surface area contributed by atoms with Gasteiger partial charge in [0.15, 0.2) is 0 Å². The molecule has 1 aliphatic heterocycles. The number of nitrogens with zero attached hydrogens (tertiary/aromatic N) is 2. The van der Waals surface area contributed by atoms with E-state index in [1.807, 2.05) is 56.9 Å². The van der Waals surface area contributed by atoms with Gasteiger partial charge in [0, 0.05) is 30.7 Å². The molecule has 0 N–H and O–H groups in total. The van der Waals surface area contributed by atoms with Crippen LogP contribution < -0.4 is 0 Å². The Balaban J connectivity index is 1.92. The zero-order chi connectivity index (χ0) is 17.9. The quantitative estimate of drug-likeness (QED) is 0.766. The van der Waals surface area contributed by atoms with Gasteiger partial charge in [-0.05, 0) is 45.4 Å². The highest BCUT2D eigenvalue weighted by molar-refractivity contribution is 9.10. The third-order valence-corrected chi connectivity index (χ3v) is 4.46. The number of benzene rings is 1. The van der Waals surface area contributed by atoms with Crippen molar-refractivity contribution in [2.24, 2.45) is 0 Å². The van der Waals surface area contributed by atoms with Crippen LogP contribution in [0.15, 0.2) is 28.7 Å². The van der Waals surface area contributed by atoms with Crippen LogP contribution in [0.2, 0.25) is 0 Å². The maximum absolute atomic E-state index is 12.7. The van der Waals surface area contributed by atoms with Gasteiger partial charge in [-0.15, -0.1) is 0 Å². The summed E-state index contributed by atoms with van der Waals surface area (Å²) < 4.78 is 6.35. The summed E-state index contributed by atoms with van der Waals surface area (Å²) in [5.41, 5.74) is 0.489. The molecule has 2 rings (SSSR count). The Morgan fingerprint density at radius 3 is 2.25 bits per heavy atom. The van der Waals surface area contributed by atoms with Crippen molar-refractivity contribution in [3.63, 3.8) is 0 Å². The first-order valence-corrected chi connectivity index (χ1v) is 8.99. The van der Waals surface area contributed by atoms with Gasteiger partial charge >= 0.3 is 6.09 Å². The summed E-state index contributed by atoms with van der Waals surface area (Å²) in [4.78, 5) is 28.3. The zero-order valence-corrected chi connectivity index (χ0v) is 16.3. The second-order valence-corrected chi connectivity index (χ2v) is 7.99. The number of amides is 2. The molecule has 2 amide bonds. The van der Waals surface area contributed by atoms with Crippen molar-refractivity contribution in [3.05, 3.63) is 34.3 Å². The maximum atomic E-state index is 12.7. The molecule has 0 bridgehead atoms. The molecule has 1 heterocycles. The van der Waals surface area contributed by atoms with Crippen LogP contribution in [0.1, 0.15) is 39.2 Å². The number of halogens is 1. The van der Waals surface area contributed by atoms with Crippen molar-refractivity contribution in [1.82, 2.24) is 9.80 Å². The molecule has 1 atom stereocenters. The molecule has 0 saturated carbocycles. The number of ether oxygens (including phenoxy) is 1. The smallest absolute Gasteiger partial charge is 0.410 e. The fourth-order valence-corrected chi connectivity index (χ4v) is 3.05. The minimum atomic E-state index is -0.501. The third-order valence-electron chi connectivity index (χ3n) is 3.96. The average Bonchev–Trinajstić information content (AvgIpc) is 2.52. The highest BCUT2D eigenvalue weighted by Gasteiger charge is 2.29. The van der Waals surface area contributed by atoms with E-state index >= 15 is 0 Å². The lowest BCUT2D eigenvalue weighted by Gasteiger charge is -2.36. The molecule has 0 aliphatic carbocycles. The summed E-state index contributed by atoms with van der Waals surface area (Å²) in [6, 6.07) is 7.81. The van der Waals surface area contributed by atoms with E-state index < -0.39 is 5.60 Å². The lowest BCUT2D eigenvalue weighted by Crippen LogP contribution is -2.52. The van der Waals surface area contributed by atoms with Gasteiger partial charge in [0.2, 0.25) is 5.91 Å². The number of hydrogen-bond donors (Lipinski definition) is 0. The number of carbonyl (C=O) groups is 2. The Bertz CT molecular complexity index is 605. The standard InChI is InChI=1S/C18H25BrN2O3/c1-13(14-6-5-7-15(19)12-14)16(22)20-8-10-21(11-9-20)17(23)24-18(2,3)4/h5-7,12-13H,8-11H2,1-4H3. The van der Waals surface area contributed by atoms with Crippen LogP contribution in [0, 0.1) is 0 Å². The maximum Gasteiger partial charge on any atom is 0.410 e. The van der Waals surface area contributed by atoms with Crippen molar-refractivity contribution in [1.29, 1.82) is 0 Å². The van der Waals surface area contributed by atoms with E-state index in [0.717, 1.165) is 10.0 Å². The summed E-state index contributed by atoms with van der Waals surface area (Å²) in [5, 5.41) is 0. The molecule has 1 aromatic carbocycles. The molecule has 1 aromatic rings. The highest BCUT2D eigenvalue weighted by Crippen LogP contribution is 2.22. The largest absolute Gasteiger partial charge is 0.444 e. The highest BCUT2D eigenvalue weighted by atomic mass is 79.9. The van der Waals surface area contributed by atoms with Crippen LogP contribution in [0.4, 0.5) is 4.79 Å². The molecule has 6 heteroatoms. The summed E-state index contributed by atoms with van der Waals surface area (Å²) >= 11 is 3.44. The van der Waals surface area contributed by atoms with Crippen molar-refractivity contribution in [2.45, 2.75) is 39.2 Å². The zero-order valence-electron chi connectivity index (χ0n) is 14.7. The van der Waals surface area contributed by atoms with Crippen LogP contribution in [-0.2, 0) is 9.53 Å². The van der Waals surface area contributed by atoms with Crippen molar-refractivity contribution in [3.8, 4) is 0 Å². The first kappa shape index (κ1) is 18.8. The molecule has 1 unspecified atom stereocenters. The van der Waals surface area contributed by atoms with Gasteiger partial charge in [0.25, 0.3) is 0 Å².